The van der Waals surface area contributed by atoms with Crippen molar-refractivity contribution >= 4 is 0 Å². The molecule has 1 spiro atoms. The molecule has 1 saturated heterocycles. The van der Waals surface area contributed by atoms with E-state index >= 15 is 0 Å². The Morgan fingerprint density at radius 2 is 1.71 bits per heavy atom. The number of rotatable bonds is 2. The van der Waals surface area contributed by atoms with E-state index in [1.807, 2.05) is 0 Å². The standard InChI is InChI=1S/C12H24N2/c1-11(13)10-14-8-6-12(7-9-14)4-2-3-5-12/h11H,2-10,13H2,1H3/t11-/m0/s1. The van der Waals surface area contributed by atoms with Gasteiger partial charge in [0.05, 0.1) is 0 Å². The van der Waals surface area contributed by atoms with Crippen LogP contribution in [0.5, 0.6) is 0 Å². The van der Waals surface area contributed by atoms with E-state index in [2.05, 4.69) is 11.8 Å². The maximum absolute atomic E-state index is 5.83. The SMILES string of the molecule is C[C@H](N)CN1CCC2(CCCC2)CC1. The zero-order chi connectivity index (χ0) is 10.0. The minimum Gasteiger partial charge on any atom is -0.327 e. The van der Waals surface area contributed by atoms with Crippen LogP contribution < -0.4 is 5.73 Å². The highest BCUT2D eigenvalue weighted by atomic mass is 15.1. The summed E-state index contributed by atoms with van der Waals surface area (Å²) >= 11 is 0. The Morgan fingerprint density at radius 1 is 1.14 bits per heavy atom. The van der Waals surface area contributed by atoms with E-state index in [1.165, 1.54) is 51.6 Å². The number of hydrogen-bond donors (Lipinski definition) is 1. The van der Waals surface area contributed by atoms with E-state index in [0.717, 1.165) is 12.0 Å². The Morgan fingerprint density at radius 3 is 2.21 bits per heavy atom. The van der Waals surface area contributed by atoms with Gasteiger partial charge >= 0.3 is 0 Å². The fourth-order valence-electron chi connectivity index (χ4n) is 3.24. The van der Waals surface area contributed by atoms with Crippen molar-refractivity contribution in [2.24, 2.45) is 11.1 Å². The Kier molecular flexibility index (Phi) is 3.13. The predicted molar refractivity (Wildman–Crippen MR) is 60.2 cm³/mol. The second-order valence-electron chi connectivity index (χ2n) is 5.48. The van der Waals surface area contributed by atoms with E-state index in [9.17, 15) is 0 Å². The van der Waals surface area contributed by atoms with Gasteiger partial charge in [0.2, 0.25) is 0 Å². The highest BCUT2D eigenvalue weighted by Crippen LogP contribution is 2.45. The van der Waals surface area contributed by atoms with Crippen molar-refractivity contribution in [1.82, 2.24) is 4.90 Å². The van der Waals surface area contributed by atoms with Crippen molar-refractivity contribution in [2.45, 2.75) is 51.5 Å². The van der Waals surface area contributed by atoms with Crippen LogP contribution in [-0.2, 0) is 0 Å². The average molecular weight is 196 g/mol. The molecule has 14 heavy (non-hydrogen) atoms. The molecule has 1 aliphatic carbocycles. The van der Waals surface area contributed by atoms with Gasteiger partial charge < -0.3 is 10.6 Å². The van der Waals surface area contributed by atoms with E-state index in [-0.39, 0.29) is 0 Å². The second kappa shape index (κ2) is 4.19. The zero-order valence-corrected chi connectivity index (χ0v) is 9.47. The van der Waals surface area contributed by atoms with Crippen LogP contribution in [0.25, 0.3) is 0 Å². The number of nitrogens with two attached hydrogens (primary N) is 1. The van der Waals surface area contributed by atoms with Crippen LogP contribution in [0.1, 0.15) is 45.4 Å². The first-order chi connectivity index (χ1) is 6.70. The molecule has 2 fully saturated rings. The third kappa shape index (κ3) is 2.29. The molecule has 1 saturated carbocycles. The molecule has 2 N–H and O–H groups in total. The summed E-state index contributed by atoms with van der Waals surface area (Å²) < 4.78 is 0. The van der Waals surface area contributed by atoms with Gasteiger partial charge in [0.25, 0.3) is 0 Å². The summed E-state index contributed by atoms with van der Waals surface area (Å²) in [5, 5.41) is 0. The van der Waals surface area contributed by atoms with Crippen LogP contribution in [0.4, 0.5) is 0 Å². The molecule has 0 aromatic carbocycles. The molecule has 2 heteroatoms. The summed E-state index contributed by atoms with van der Waals surface area (Å²) in [5.74, 6) is 0. The lowest BCUT2D eigenvalue weighted by molar-refractivity contribution is 0.105. The highest BCUT2D eigenvalue weighted by Gasteiger charge is 2.36. The smallest absolute Gasteiger partial charge is 0.0139 e. The van der Waals surface area contributed by atoms with Gasteiger partial charge in [0, 0.05) is 12.6 Å². The normalized spacial score (nSPS) is 29.6. The largest absolute Gasteiger partial charge is 0.327 e. The van der Waals surface area contributed by atoms with Crippen LogP contribution >= 0.6 is 0 Å². The van der Waals surface area contributed by atoms with Gasteiger partial charge in [0.1, 0.15) is 0 Å². The summed E-state index contributed by atoms with van der Waals surface area (Å²) in [4.78, 5) is 2.55. The Balaban J connectivity index is 1.79. The molecule has 0 unspecified atom stereocenters. The van der Waals surface area contributed by atoms with E-state index in [4.69, 9.17) is 5.73 Å². The molecule has 2 nitrogen and oxygen atoms in total. The minimum absolute atomic E-state index is 0.340. The van der Waals surface area contributed by atoms with Crippen molar-refractivity contribution in [1.29, 1.82) is 0 Å². The van der Waals surface area contributed by atoms with Crippen molar-refractivity contribution in [3.05, 3.63) is 0 Å². The third-order valence-corrected chi connectivity index (χ3v) is 4.13. The molecule has 0 radical (unpaired) electrons. The van der Waals surface area contributed by atoms with Crippen molar-refractivity contribution in [3.63, 3.8) is 0 Å². The van der Waals surface area contributed by atoms with E-state index in [1.54, 1.807) is 0 Å². The number of nitrogens with zero attached hydrogens (tertiary/aromatic N) is 1. The number of hydrogen-bond acceptors (Lipinski definition) is 2. The molecular formula is C12H24N2. The molecule has 1 atom stereocenters. The van der Waals surface area contributed by atoms with Crippen LogP contribution in [0.2, 0.25) is 0 Å². The lowest BCUT2D eigenvalue weighted by atomic mass is 9.77. The predicted octanol–water partition coefficient (Wildman–Crippen LogP) is 1.99. The summed E-state index contributed by atoms with van der Waals surface area (Å²) in [5.41, 5.74) is 6.58. The Hall–Kier alpha value is -0.0800. The molecule has 1 heterocycles. The van der Waals surface area contributed by atoms with Gasteiger partial charge in [-0.15, -0.1) is 0 Å². The molecule has 2 rings (SSSR count). The molecule has 0 aromatic heterocycles. The van der Waals surface area contributed by atoms with Gasteiger partial charge in [0.15, 0.2) is 0 Å². The van der Waals surface area contributed by atoms with E-state index < -0.39 is 0 Å². The van der Waals surface area contributed by atoms with Gasteiger partial charge in [-0.25, -0.2) is 0 Å². The van der Waals surface area contributed by atoms with Gasteiger partial charge in [-0.2, -0.15) is 0 Å². The molecular weight excluding hydrogens is 172 g/mol. The first-order valence-corrected chi connectivity index (χ1v) is 6.18. The average Bonchev–Trinajstić information content (AvgIpc) is 2.58. The fourth-order valence-corrected chi connectivity index (χ4v) is 3.24. The minimum atomic E-state index is 0.340. The van der Waals surface area contributed by atoms with Crippen molar-refractivity contribution in [2.75, 3.05) is 19.6 Å². The highest BCUT2D eigenvalue weighted by molar-refractivity contribution is 4.89. The zero-order valence-electron chi connectivity index (χ0n) is 9.47. The lowest BCUT2D eigenvalue weighted by Gasteiger charge is -2.39. The van der Waals surface area contributed by atoms with Crippen LogP contribution in [0.3, 0.4) is 0 Å². The Labute approximate surface area is 87.8 Å². The summed E-state index contributed by atoms with van der Waals surface area (Å²) in [6.45, 7) is 5.79. The molecule has 0 aromatic rings. The molecule has 82 valence electrons. The third-order valence-electron chi connectivity index (χ3n) is 4.13. The summed E-state index contributed by atoms with van der Waals surface area (Å²) in [7, 11) is 0. The van der Waals surface area contributed by atoms with Crippen LogP contribution in [0.15, 0.2) is 0 Å². The Bertz CT molecular complexity index is 173. The summed E-state index contributed by atoms with van der Waals surface area (Å²) in [6, 6.07) is 0.340. The maximum Gasteiger partial charge on any atom is 0.0139 e. The molecule has 0 amide bonds. The van der Waals surface area contributed by atoms with Gasteiger partial charge in [-0.05, 0) is 51.1 Å². The monoisotopic (exact) mass is 196 g/mol. The van der Waals surface area contributed by atoms with Crippen LogP contribution in [-0.4, -0.2) is 30.6 Å². The first kappa shape index (κ1) is 10.4. The maximum atomic E-state index is 5.83. The number of likely N-dealkylation sites (tertiary alicyclic amines) is 1. The second-order valence-corrected chi connectivity index (χ2v) is 5.48. The fraction of sp³-hybridized carbons (Fsp3) is 1.00. The first-order valence-electron chi connectivity index (χ1n) is 6.18. The van der Waals surface area contributed by atoms with Crippen molar-refractivity contribution < 1.29 is 0 Å². The van der Waals surface area contributed by atoms with Crippen molar-refractivity contribution in [3.8, 4) is 0 Å². The summed E-state index contributed by atoms with van der Waals surface area (Å²) in [6.07, 6.45) is 8.82. The molecule has 1 aliphatic heterocycles. The quantitative estimate of drug-likeness (QED) is 0.732. The topological polar surface area (TPSA) is 29.3 Å². The van der Waals surface area contributed by atoms with Gasteiger partial charge in [-0.1, -0.05) is 12.8 Å². The number of piperidine rings is 1. The molecule has 0 bridgehead atoms. The van der Waals surface area contributed by atoms with Gasteiger partial charge in [-0.3, -0.25) is 0 Å². The van der Waals surface area contributed by atoms with E-state index in [0.29, 0.717) is 6.04 Å². The lowest BCUT2D eigenvalue weighted by Crippen LogP contribution is -2.43. The molecule has 2 aliphatic rings. The van der Waals surface area contributed by atoms with Crippen LogP contribution in [0, 0.1) is 5.41 Å².